The predicted octanol–water partition coefficient (Wildman–Crippen LogP) is 1.75. The minimum absolute atomic E-state index is 0.0141. The van der Waals surface area contributed by atoms with Crippen LogP contribution in [-0.2, 0) is 11.3 Å². The van der Waals surface area contributed by atoms with Crippen LogP contribution < -0.4 is 5.32 Å². The second-order valence-corrected chi connectivity index (χ2v) is 4.78. The number of amides is 1. The number of carbonyl (C=O) groups is 2. The van der Waals surface area contributed by atoms with E-state index in [0.717, 1.165) is 5.56 Å². The minimum Gasteiger partial charge on any atom is -0.478 e. The van der Waals surface area contributed by atoms with Gasteiger partial charge in [0.05, 0.1) is 10.8 Å². The van der Waals surface area contributed by atoms with Crippen molar-refractivity contribution in [2.24, 2.45) is 0 Å². The molecule has 1 rings (SSSR count). The van der Waals surface area contributed by atoms with Gasteiger partial charge in [-0.3, -0.25) is 4.79 Å². The fourth-order valence-electron chi connectivity index (χ4n) is 1.21. The Kier molecular flexibility index (Phi) is 5.03. The van der Waals surface area contributed by atoms with Gasteiger partial charge in [-0.25, -0.2) is 4.79 Å². The molecule has 0 aliphatic rings. The van der Waals surface area contributed by atoms with Gasteiger partial charge in [0, 0.05) is 6.54 Å². The van der Waals surface area contributed by atoms with Gasteiger partial charge in [0.2, 0.25) is 5.91 Å². The number of nitrogens with one attached hydrogen (secondary N) is 1. The van der Waals surface area contributed by atoms with Crippen molar-refractivity contribution in [1.82, 2.24) is 5.32 Å². The second kappa shape index (κ2) is 6.30. The summed E-state index contributed by atoms with van der Waals surface area (Å²) in [6.07, 6.45) is 1.88. The highest BCUT2D eigenvalue weighted by molar-refractivity contribution is 7.99. The van der Waals surface area contributed by atoms with Crippen molar-refractivity contribution in [3.63, 3.8) is 0 Å². The summed E-state index contributed by atoms with van der Waals surface area (Å²) < 4.78 is 0. The van der Waals surface area contributed by atoms with Crippen molar-refractivity contribution in [2.75, 3.05) is 6.26 Å². The first-order chi connectivity index (χ1) is 8.04. The molecule has 0 aromatic heterocycles. The maximum absolute atomic E-state index is 11.5. The molecule has 0 aliphatic heterocycles. The van der Waals surface area contributed by atoms with Crippen molar-refractivity contribution >= 4 is 23.6 Å². The van der Waals surface area contributed by atoms with Gasteiger partial charge in [0.1, 0.15) is 0 Å². The molecular formula is C12H15NO3S. The van der Waals surface area contributed by atoms with Gasteiger partial charge in [-0.15, -0.1) is 0 Å². The third-order valence-corrected chi connectivity index (χ3v) is 3.31. The lowest BCUT2D eigenvalue weighted by molar-refractivity contribution is -0.120. The van der Waals surface area contributed by atoms with Crippen LogP contribution in [0.3, 0.4) is 0 Å². The van der Waals surface area contributed by atoms with Crippen molar-refractivity contribution in [3.05, 3.63) is 35.4 Å². The van der Waals surface area contributed by atoms with E-state index in [1.807, 2.05) is 13.2 Å². The smallest absolute Gasteiger partial charge is 0.335 e. The summed E-state index contributed by atoms with van der Waals surface area (Å²) in [5.41, 5.74) is 1.13. The summed E-state index contributed by atoms with van der Waals surface area (Å²) >= 11 is 1.48. The molecule has 4 nitrogen and oxygen atoms in total. The van der Waals surface area contributed by atoms with Crippen LogP contribution in [0, 0.1) is 0 Å². The molecule has 0 saturated heterocycles. The van der Waals surface area contributed by atoms with Gasteiger partial charge in [0.15, 0.2) is 0 Å². The number of carbonyl (C=O) groups excluding carboxylic acids is 1. The van der Waals surface area contributed by atoms with Crippen molar-refractivity contribution in [1.29, 1.82) is 0 Å². The quantitative estimate of drug-likeness (QED) is 0.839. The standard InChI is InChI=1S/C12H15NO3S/c1-8(17-2)11(14)13-7-9-3-5-10(6-4-9)12(15)16/h3-6,8H,7H2,1-2H3,(H,13,14)(H,15,16). The molecule has 0 heterocycles. The topological polar surface area (TPSA) is 66.4 Å². The molecule has 2 N–H and O–H groups in total. The molecule has 0 fully saturated rings. The van der Waals surface area contributed by atoms with Gasteiger partial charge in [-0.05, 0) is 30.9 Å². The van der Waals surface area contributed by atoms with Crippen LogP contribution in [0.2, 0.25) is 0 Å². The number of benzene rings is 1. The van der Waals surface area contributed by atoms with Crippen LogP contribution in [-0.4, -0.2) is 28.5 Å². The second-order valence-electron chi connectivity index (χ2n) is 3.60. The summed E-state index contributed by atoms with van der Waals surface area (Å²) in [6, 6.07) is 6.46. The minimum atomic E-state index is -0.948. The predicted molar refractivity (Wildman–Crippen MR) is 68.2 cm³/mol. The van der Waals surface area contributed by atoms with E-state index in [1.54, 1.807) is 12.1 Å². The van der Waals surface area contributed by atoms with Crippen molar-refractivity contribution < 1.29 is 14.7 Å². The largest absolute Gasteiger partial charge is 0.478 e. The highest BCUT2D eigenvalue weighted by Gasteiger charge is 2.10. The molecule has 0 bridgehead atoms. The monoisotopic (exact) mass is 253 g/mol. The summed E-state index contributed by atoms with van der Waals surface area (Å²) in [4.78, 5) is 22.1. The number of carboxylic acid groups (broad SMARTS) is 1. The van der Waals surface area contributed by atoms with E-state index in [1.165, 1.54) is 23.9 Å². The third-order valence-electron chi connectivity index (χ3n) is 2.39. The molecule has 1 aromatic carbocycles. The Morgan fingerprint density at radius 3 is 2.41 bits per heavy atom. The zero-order chi connectivity index (χ0) is 12.8. The van der Waals surface area contributed by atoms with Gasteiger partial charge in [0.25, 0.3) is 0 Å². The normalized spacial score (nSPS) is 11.9. The first-order valence-corrected chi connectivity index (χ1v) is 6.46. The molecule has 1 atom stereocenters. The molecule has 1 aromatic rings. The molecule has 0 aliphatic carbocycles. The molecule has 1 unspecified atom stereocenters. The number of carboxylic acids is 1. The van der Waals surface area contributed by atoms with Crippen LogP contribution >= 0.6 is 11.8 Å². The van der Waals surface area contributed by atoms with Crippen LogP contribution in [0.5, 0.6) is 0 Å². The first kappa shape index (κ1) is 13.6. The van der Waals surface area contributed by atoms with E-state index in [2.05, 4.69) is 5.32 Å². The maximum atomic E-state index is 11.5. The van der Waals surface area contributed by atoms with E-state index < -0.39 is 5.97 Å². The number of aromatic carboxylic acids is 1. The Bertz CT molecular complexity index is 403. The first-order valence-electron chi connectivity index (χ1n) is 5.17. The molecule has 17 heavy (non-hydrogen) atoms. The average Bonchev–Trinajstić information content (AvgIpc) is 2.35. The van der Waals surface area contributed by atoms with Gasteiger partial charge < -0.3 is 10.4 Å². The zero-order valence-corrected chi connectivity index (χ0v) is 10.6. The Morgan fingerprint density at radius 2 is 1.94 bits per heavy atom. The lowest BCUT2D eigenvalue weighted by Gasteiger charge is -2.09. The van der Waals surface area contributed by atoms with Crippen LogP contribution in [0.1, 0.15) is 22.8 Å². The number of hydrogen-bond donors (Lipinski definition) is 2. The summed E-state index contributed by atoms with van der Waals surface area (Å²) in [6.45, 7) is 2.26. The molecular weight excluding hydrogens is 238 g/mol. The van der Waals surface area contributed by atoms with E-state index in [-0.39, 0.29) is 16.7 Å². The third kappa shape index (κ3) is 4.11. The Morgan fingerprint density at radius 1 is 1.35 bits per heavy atom. The van der Waals surface area contributed by atoms with Crippen LogP contribution in [0.25, 0.3) is 0 Å². The number of hydrogen-bond acceptors (Lipinski definition) is 3. The highest BCUT2D eigenvalue weighted by atomic mass is 32.2. The highest BCUT2D eigenvalue weighted by Crippen LogP contribution is 2.07. The van der Waals surface area contributed by atoms with E-state index in [9.17, 15) is 9.59 Å². The van der Waals surface area contributed by atoms with Crippen molar-refractivity contribution in [2.45, 2.75) is 18.7 Å². The van der Waals surface area contributed by atoms with E-state index in [4.69, 9.17) is 5.11 Å². The molecule has 92 valence electrons. The molecule has 0 saturated carbocycles. The summed E-state index contributed by atoms with van der Waals surface area (Å²) in [5, 5.41) is 11.4. The maximum Gasteiger partial charge on any atom is 0.335 e. The lowest BCUT2D eigenvalue weighted by Crippen LogP contribution is -2.30. The molecule has 5 heteroatoms. The van der Waals surface area contributed by atoms with Gasteiger partial charge in [-0.1, -0.05) is 12.1 Å². The van der Waals surface area contributed by atoms with Crippen molar-refractivity contribution in [3.8, 4) is 0 Å². The fourth-order valence-corrected chi connectivity index (χ4v) is 1.50. The number of thioether (sulfide) groups is 1. The van der Waals surface area contributed by atoms with Crippen LogP contribution in [0.4, 0.5) is 0 Å². The lowest BCUT2D eigenvalue weighted by atomic mass is 10.1. The van der Waals surface area contributed by atoms with Crippen LogP contribution in [0.15, 0.2) is 24.3 Å². The summed E-state index contributed by atoms with van der Waals surface area (Å²) in [7, 11) is 0. The zero-order valence-electron chi connectivity index (χ0n) is 9.77. The SMILES string of the molecule is CSC(C)C(=O)NCc1ccc(C(=O)O)cc1. The van der Waals surface area contributed by atoms with E-state index >= 15 is 0 Å². The number of rotatable bonds is 5. The molecule has 1 amide bonds. The Balaban J connectivity index is 2.53. The Hall–Kier alpha value is -1.49. The van der Waals surface area contributed by atoms with Gasteiger partial charge in [-0.2, -0.15) is 11.8 Å². The Labute approximate surface area is 104 Å². The van der Waals surface area contributed by atoms with Gasteiger partial charge >= 0.3 is 5.97 Å². The average molecular weight is 253 g/mol. The summed E-state index contributed by atoms with van der Waals surface area (Å²) in [5.74, 6) is -0.962. The fraction of sp³-hybridized carbons (Fsp3) is 0.333. The molecule has 0 radical (unpaired) electrons. The van der Waals surface area contributed by atoms with E-state index in [0.29, 0.717) is 6.54 Å². The molecule has 0 spiro atoms.